The summed E-state index contributed by atoms with van der Waals surface area (Å²) in [6.45, 7) is 3.21. The van der Waals surface area contributed by atoms with Gasteiger partial charge < -0.3 is 10.7 Å². The molecule has 1 aromatic carbocycles. The van der Waals surface area contributed by atoms with Gasteiger partial charge in [-0.3, -0.25) is 14.4 Å². The van der Waals surface area contributed by atoms with Gasteiger partial charge in [-0.25, -0.2) is 0 Å². The molecule has 0 bridgehead atoms. The number of primary amides is 1. The Morgan fingerprint density at radius 2 is 2.05 bits per heavy atom. The highest BCUT2D eigenvalue weighted by Gasteiger charge is 2.19. The fourth-order valence-electron chi connectivity index (χ4n) is 2.52. The molecule has 5 heteroatoms. The standard InChI is InChI=1S/C16H16N2O3/c1-9-15(10(2)20)16(13(8-19)18-9)12-5-3-4-11(6-12)7-14(17)21/h3-6,8,18H,7H2,1-2H3,(H2,17,21). The topological polar surface area (TPSA) is 93.0 Å². The molecule has 2 rings (SSSR count). The lowest BCUT2D eigenvalue weighted by atomic mass is 9.96. The van der Waals surface area contributed by atoms with Gasteiger partial charge in [-0.1, -0.05) is 24.3 Å². The molecule has 21 heavy (non-hydrogen) atoms. The Bertz CT molecular complexity index is 729. The van der Waals surface area contributed by atoms with Crippen molar-refractivity contribution < 1.29 is 14.4 Å². The predicted octanol–water partition coefficient (Wildman–Crippen LogP) is 2.03. The van der Waals surface area contributed by atoms with Gasteiger partial charge in [-0.15, -0.1) is 0 Å². The first-order chi connectivity index (χ1) is 9.93. The van der Waals surface area contributed by atoms with Crippen LogP contribution >= 0.6 is 0 Å². The first-order valence-electron chi connectivity index (χ1n) is 6.50. The summed E-state index contributed by atoms with van der Waals surface area (Å²) in [5.74, 6) is -0.549. The molecule has 5 nitrogen and oxygen atoms in total. The van der Waals surface area contributed by atoms with E-state index in [9.17, 15) is 14.4 Å². The lowest BCUT2D eigenvalue weighted by molar-refractivity contribution is -0.117. The van der Waals surface area contributed by atoms with E-state index in [0.29, 0.717) is 34.4 Å². The number of benzene rings is 1. The van der Waals surface area contributed by atoms with Crippen LogP contribution in [0.5, 0.6) is 0 Å². The van der Waals surface area contributed by atoms with Gasteiger partial charge in [0.1, 0.15) is 0 Å². The minimum absolute atomic E-state index is 0.114. The van der Waals surface area contributed by atoms with Crippen LogP contribution in [0.15, 0.2) is 24.3 Å². The van der Waals surface area contributed by atoms with E-state index in [1.165, 1.54) is 6.92 Å². The molecule has 0 fully saturated rings. The Kier molecular flexibility index (Phi) is 4.03. The maximum Gasteiger partial charge on any atom is 0.221 e. The number of nitrogens with one attached hydrogen (secondary N) is 1. The summed E-state index contributed by atoms with van der Waals surface area (Å²) >= 11 is 0. The fraction of sp³-hybridized carbons (Fsp3) is 0.188. The molecule has 0 saturated heterocycles. The van der Waals surface area contributed by atoms with Crippen molar-refractivity contribution in [1.82, 2.24) is 4.98 Å². The van der Waals surface area contributed by atoms with Crippen molar-refractivity contribution >= 4 is 18.0 Å². The second-order valence-electron chi connectivity index (χ2n) is 4.93. The quantitative estimate of drug-likeness (QED) is 0.650. The van der Waals surface area contributed by atoms with Crippen molar-refractivity contribution in [2.45, 2.75) is 20.3 Å². The lowest BCUT2D eigenvalue weighted by Crippen LogP contribution is -2.13. The number of hydrogen-bond acceptors (Lipinski definition) is 3. The van der Waals surface area contributed by atoms with E-state index >= 15 is 0 Å². The van der Waals surface area contributed by atoms with Gasteiger partial charge in [0, 0.05) is 16.8 Å². The third kappa shape index (κ3) is 2.91. The zero-order valence-electron chi connectivity index (χ0n) is 11.9. The van der Waals surface area contributed by atoms with E-state index in [-0.39, 0.29) is 12.2 Å². The number of amides is 1. The molecule has 0 atom stereocenters. The number of aldehydes is 1. The molecular weight excluding hydrogens is 268 g/mol. The zero-order chi connectivity index (χ0) is 15.6. The number of nitrogens with two attached hydrogens (primary N) is 1. The highest BCUT2D eigenvalue weighted by molar-refractivity contribution is 6.06. The van der Waals surface area contributed by atoms with Gasteiger partial charge in [0.15, 0.2) is 12.1 Å². The van der Waals surface area contributed by atoms with Crippen LogP contribution in [-0.4, -0.2) is 23.0 Å². The van der Waals surface area contributed by atoms with Crippen LogP contribution in [0.3, 0.4) is 0 Å². The number of aromatic nitrogens is 1. The van der Waals surface area contributed by atoms with Gasteiger partial charge in [0.05, 0.1) is 12.1 Å². The van der Waals surface area contributed by atoms with Gasteiger partial charge in [0.2, 0.25) is 5.91 Å². The average molecular weight is 284 g/mol. The number of carbonyl (C=O) groups is 3. The molecule has 0 aliphatic heterocycles. The SMILES string of the molecule is CC(=O)c1c(C)[nH]c(C=O)c1-c1cccc(CC(N)=O)c1. The summed E-state index contributed by atoms with van der Waals surface area (Å²) in [5, 5.41) is 0. The highest BCUT2D eigenvalue weighted by Crippen LogP contribution is 2.30. The van der Waals surface area contributed by atoms with E-state index in [0.717, 1.165) is 5.56 Å². The summed E-state index contributed by atoms with van der Waals surface area (Å²) in [6, 6.07) is 7.12. The van der Waals surface area contributed by atoms with Crippen LogP contribution in [0, 0.1) is 6.92 Å². The zero-order valence-corrected chi connectivity index (χ0v) is 11.9. The Morgan fingerprint density at radius 1 is 1.33 bits per heavy atom. The Morgan fingerprint density at radius 3 is 2.62 bits per heavy atom. The summed E-state index contributed by atoms with van der Waals surface area (Å²) in [7, 11) is 0. The minimum atomic E-state index is -0.431. The maximum atomic E-state index is 11.8. The fourth-order valence-corrected chi connectivity index (χ4v) is 2.52. The van der Waals surface area contributed by atoms with Crippen LogP contribution in [0.1, 0.15) is 39.0 Å². The Labute approximate surface area is 122 Å². The molecule has 0 unspecified atom stereocenters. The summed E-state index contributed by atoms with van der Waals surface area (Å²) in [6.07, 6.45) is 0.804. The Balaban J connectivity index is 2.63. The van der Waals surface area contributed by atoms with Crippen molar-refractivity contribution in [3.05, 3.63) is 46.8 Å². The lowest BCUT2D eigenvalue weighted by Gasteiger charge is -2.06. The van der Waals surface area contributed by atoms with Crippen LogP contribution in [0.2, 0.25) is 0 Å². The molecule has 2 aromatic rings. The monoisotopic (exact) mass is 284 g/mol. The van der Waals surface area contributed by atoms with Crippen LogP contribution in [0.4, 0.5) is 0 Å². The van der Waals surface area contributed by atoms with Crippen LogP contribution in [-0.2, 0) is 11.2 Å². The molecule has 0 aliphatic carbocycles. The number of carbonyl (C=O) groups excluding carboxylic acids is 3. The van der Waals surface area contributed by atoms with Crippen molar-refractivity contribution in [3.8, 4) is 11.1 Å². The van der Waals surface area contributed by atoms with Gasteiger partial charge >= 0.3 is 0 Å². The number of aryl methyl sites for hydroxylation is 1. The molecule has 1 heterocycles. The van der Waals surface area contributed by atoms with Crippen LogP contribution < -0.4 is 5.73 Å². The van der Waals surface area contributed by atoms with Crippen molar-refractivity contribution in [1.29, 1.82) is 0 Å². The molecule has 0 radical (unpaired) electrons. The summed E-state index contributed by atoms with van der Waals surface area (Å²) < 4.78 is 0. The molecule has 0 aliphatic rings. The maximum absolute atomic E-state index is 11.8. The number of H-pyrrole nitrogens is 1. The predicted molar refractivity (Wildman–Crippen MR) is 79.3 cm³/mol. The molecule has 0 spiro atoms. The first-order valence-corrected chi connectivity index (χ1v) is 6.50. The van der Waals surface area contributed by atoms with Crippen molar-refractivity contribution in [2.24, 2.45) is 5.73 Å². The molecule has 1 aromatic heterocycles. The number of ketones is 1. The number of hydrogen-bond donors (Lipinski definition) is 2. The van der Waals surface area contributed by atoms with Crippen LogP contribution in [0.25, 0.3) is 11.1 Å². The van der Waals surface area contributed by atoms with Crippen molar-refractivity contribution in [3.63, 3.8) is 0 Å². The minimum Gasteiger partial charge on any atom is -0.369 e. The smallest absolute Gasteiger partial charge is 0.221 e. The Hall–Kier alpha value is -2.69. The molecule has 108 valence electrons. The average Bonchev–Trinajstić information content (AvgIpc) is 2.75. The summed E-state index contributed by atoms with van der Waals surface area (Å²) in [5.41, 5.74) is 8.72. The van der Waals surface area contributed by atoms with Gasteiger partial charge in [-0.05, 0) is 25.0 Å². The molecule has 3 N–H and O–H groups in total. The number of rotatable bonds is 5. The van der Waals surface area contributed by atoms with E-state index in [4.69, 9.17) is 5.73 Å². The molecule has 0 saturated carbocycles. The van der Waals surface area contributed by atoms with E-state index in [1.54, 1.807) is 31.2 Å². The van der Waals surface area contributed by atoms with E-state index in [2.05, 4.69) is 4.98 Å². The van der Waals surface area contributed by atoms with Gasteiger partial charge in [-0.2, -0.15) is 0 Å². The van der Waals surface area contributed by atoms with E-state index < -0.39 is 5.91 Å². The third-order valence-corrected chi connectivity index (χ3v) is 3.28. The second kappa shape index (κ2) is 5.75. The summed E-state index contributed by atoms with van der Waals surface area (Å²) in [4.78, 5) is 37.0. The second-order valence-corrected chi connectivity index (χ2v) is 4.93. The normalized spacial score (nSPS) is 10.4. The first kappa shape index (κ1) is 14.7. The highest BCUT2D eigenvalue weighted by atomic mass is 16.1. The van der Waals surface area contributed by atoms with Gasteiger partial charge in [0.25, 0.3) is 0 Å². The molecule has 1 amide bonds. The largest absolute Gasteiger partial charge is 0.369 e. The number of aromatic amines is 1. The third-order valence-electron chi connectivity index (χ3n) is 3.28. The van der Waals surface area contributed by atoms with E-state index in [1.807, 2.05) is 0 Å². The van der Waals surface area contributed by atoms with Crippen molar-refractivity contribution in [2.75, 3.05) is 0 Å². The number of Topliss-reactive ketones (excluding diaryl/α,β-unsaturated/α-hetero) is 1. The molecular formula is C16H16N2O3.